The normalized spacial score (nSPS) is 14.2. The molecule has 6 heteroatoms. The van der Waals surface area contributed by atoms with Crippen molar-refractivity contribution < 1.29 is 19.4 Å². The number of ether oxygens (including phenoxy) is 1. The number of para-hydroxylation sites is 1. The summed E-state index contributed by atoms with van der Waals surface area (Å²) in [4.78, 5) is 24.6. The second-order valence-electron chi connectivity index (χ2n) is 5.64. The van der Waals surface area contributed by atoms with Gasteiger partial charge in [-0.05, 0) is 25.5 Å². The Hall–Kier alpha value is -2.70. The molecular formula is C19H22N2O4. The molecule has 132 valence electrons. The van der Waals surface area contributed by atoms with Gasteiger partial charge < -0.3 is 20.9 Å². The molecule has 2 atom stereocenters. The van der Waals surface area contributed by atoms with Gasteiger partial charge >= 0.3 is 5.97 Å². The number of likely N-dealkylation sites (N-methyl/N-ethyl adjacent to an activating group) is 1. The lowest BCUT2D eigenvalue weighted by atomic mass is 9.84. The molecule has 0 saturated heterocycles. The number of esters is 1. The van der Waals surface area contributed by atoms with E-state index in [-0.39, 0.29) is 11.3 Å². The third-order valence-electron chi connectivity index (χ3n) is 3.72. The summed E-state index contributed by atoms with van der Waals surface area (Å²) in [6.07, 6.45) is 0. The maximum atomic E-state index is 12.7. The van der Waals surface area contributed by atoms with Crippen molar-refractivity contribution in [3.8, 4) is 5.75 Å². The first kappa shape index (κ1) is 18.6. The van der Waals surface area contributed by atoms with E-state index in [9.17, 15) is 14.7 Å². The Morgan fingerprint density at radius 1 is 1.16 bits per heavy atom. The SMILES string of the molecule is CCNC(=O)[C@](O)(c1ccccc1)c1ccccc1OC(=O)[C@H](C)N. The van der Waals surface area contributed by atoms with Crippen LogP contribution in [0.3, 0.4) is 0 Å². The van der Waals surface area contributed by atoms with Crippen LogP contribution in [0.1, 0.15) is 25.0 Å². The van der Waals surface area contributed by atoms with Crippen LogP contribution >= 0.6 is 0 Å². The standard InChI is InChI=1S/C19H22N2O4/c1-3-21-18(23)19(24,14-9-5-4-6-10-14)15-11-7-8-12-16(15)25-17(22)13(2)20/h4-13,24H,3,20H2,1-2H3,(H,21,23)/t13-,19-/m0/s1. The first-order valence-electron chi connectivity index (χ1n) is 8.04. The average molecular weight is 342 g/mol. The summed E-state index contributed by atoms with van der Waals surface area (Å²) in [5, 5.41) is 14.0. The van der Waals surface area contributed by atoms with Crippen LogP contribution in [0.5, 0.6) is 5.75 Å². The lowest BCUT2D eigenvalue weighted by molar-refractivity contribution is -0.138. The maximum absolute atomic E-state index is 12.7. The van der Waals surface area contributed by atoms with Crippen LogP contribution in [0.4, 0.5) is 0 Å². The topological polar surface area (TPSA) is 102 Å². The number of carbonyl (C=O) groups is 2. The molecule has 1 amide bonds. The van der Waals surface area contributed by atoms with E-state index < -0.39 is 23.5 Å². The number of hydrogen-bond acceptors (Lipinski definition) is 5. The summed E-state index contributed by atoms with van der Waals surface area (Å²) in [7, 11) is 0. The Bertz CT molecular complexity index is 746. The van der Waals surface area contributed by atoms with Crippen molar-refractivity contribution in [2.45, 2.75) is 25.5 Å². The molecule has 2 aromatic rings. The summed E-state index contributed by atoms with van der Waals surface area (Å²) < 4.78 is 5.30. The minimum Gasteiger partial charge on any atom is -0.425 e. The molecule has 0 aliphatic carbocycles. The van der Waals surface area contributed by atoms with Crippen LogP contribution in [0, 0.1) is 0 Å². The minimum absolute atomic E-state index is 0.0856. The van der Waals surface area contributed by atoms with Crippen molar-refractivity contribution in [1.29, 1.82) is 0 Å². The van der Waals surface area contributed by atoms with Crippen molar-refractivity contribution in [2.75, 3.05) is 6.54 Å². The molecule has 0 bridgehead atoms. The highest BCUT2D eigenvalue weighted by Gasteiger charge is 2.42. The number of nitrogens with two attached hydrogens (primary N) is 1. The lowest BCUT2D eigenvalue weighted by Gasteiger charge is -2.29. The molecule has 25 heavy (non-hydrogen) atoms. The van der Waals surface area contributed by atoms with Crippen molar-refractivity contribution in [3.05, 3.63) is 65.7 Å². The van der Waals surface area contributed by atoms with Crippen LogP contribution < -0.4 is 15.8 Å². The molecule has 0 fully saturated rings. The lowest BCUT2D eigenvalue weighted by Crippen LogP contribution is -2.45. The van der Waals surface area contributed by atoms with Gasteiger partial charge in [0, 0.05) is 12.1 Å². The number of amides is 1. The largest absolute Gasteiger partial charge is 0.425 e. The van der Waals surface area contributed by atoms with Crippen LogP contribution in [0.15, 0.2) is 54.6 Å². The van der Waals surface area contributed by atoms with Crippen LogP contribution in [-0.4, -0.2) is 29.6 Å². The molecule has 6 nitrogen and oxygen atoms in total. The Labute approximate surface area is 146 Å². The highest BCUT2D eigenvalue weighted by molar-refractivity contribution is 5.91. The molecule has 2 aromatic carbocycles. The van der Waals surface area contributed by atoms with Gasteiger partial charge in [0.2, 0.25) is 0 Å². The molecule has 0 aromatic heterocycles. The highest BCUT2D eigenvalue weighted by atomic mass is 16.5. The number of nitrogens with one attached hydrogen (secondary N) is 1. The van der Waals surface area contributed by atoms with E-state index in [1.54, 1.807) is 55.5 Å². The summed E-state index contributed by atoms with van der Waals surface area (Å²) in [5.74, 6) is -1.17. The zero-order chi connectivity index (χ0) is 18.4. The number of benzene rings is 2. The Morgan fingerprint density at radius 3 is 2.36 bits per heavy atom. The van der Waals surface area contributed by atoms with Crippen LogP contribution in [0.25, 0.3) is 0 Å². The third-order valence-corrected chi connectivity index (χ3v) is 3.72. The van der Waals surface area contributed by atoms with Crippen LogP contribution in [0.2, 0.25) is 0 Å². The molecule has 2 rings (SSSR count). The summed E-state index contributed by atoms with van der Waals surface area (Å²) in [6, 6.07) is 14.0. The zero-order valence-electron chi connectivity index (χ0n) is 14.2. The van der Waals surface area contributed by atoms with Gasteiger partial charge in [0.15, 0.2) is 5.60 Å². The fraction of sp³-hybridized carbons (Fsp3) is 0.263. The predicted molar refractivity (Wildman–Crippen MR) is 93.9 cm³/mol. The average Bonchev–Trinajstić information content (AvgIpc) is 2.62. The fourth-order valence-corrected chi connectivity index (χ4v) is 2.43. The van der Waals surface area contributed by atoms with Gasteiger partial charge in [-0.1, -0.05) is 48.5 Å². The number of hydrogen-bond donors (Lipinski definition) is 3. The maximum Gasteiger partial charge on any atom is 0.328 e. The van der Waals surface area contributed by atoms with E-state index in [0.29, 0.717) is 12.1 Å². The van der Waals surface area contributed by atoms with Crippen molar-refractivity contribution in [1.82, 2.24) is 5.32 Å². The zero-order valence-corrected chi connectivity index (χ0v) is 14.2. The van der Waals surface area contributed by atoms with E-state index in [4.69, 9.17) is 10.5 Å². The number of carbonyl (C=O) groups excluding carboxylic acids is 2. The van der Waals surface area contributed by atoms with E-state index in [2.05, 4.69) is 5.32 Å². The number of rotatable bonds is 6. The Kier molecular flexibility index (Phi) is 5.90. The molecule has 0 aliphatic heterocycles. The Morgan fingerprint density at radius 2 is 1.76 bits per heavy atom. The van der Waals surface area contributed by atoms with Crippen LogP contribution in [-0.2, 0) is 15.2 Å². The van der Waals surface area contributed by atoms with Gasteiger partial charge in [-0.3, -0.25) is 4.79 Å². The van der Waals surface area contributed by atoms with Gasteiger partial charge in [0.25, 0.3) is 5.91 Å². The molecule has 0 unspecified atom stereocenters. The smallest absolute Gasteiger partial charge is 0.328 e. The first-order valence-corrected chi connectivity index (χ1v) is 8.04. The second kappa shape index (κ2) is 7.92. The van der Waals surface area contributed by atoms with E-state index in [1.807, 2.05) is 0 Å². The minimum atomic E-state index is -2.01. The third kappa shape index (κ3) is 3.87. The summed E-state index contributed by atoms with van der Waals surface area (Å²) >= 11 is 0. The predicted octanol–water partition coefficient (Wildman–Crippen LogP) is 1.31. The van der Waals surface area contributed by atoms with Gasteiger partial charge in [-0.25, -0.2) is 4.79 Å². The second-order valence-corrected chi connectivity index (χ2v) is 5.64. The molecule has 4 N–H and O–H groups in total. The molecule has 0 spiro atoms. The quantitative estimate of drug-likeness (QED) is 0.543. The van der Waals surface area contributed by atoms with E-state index >= 15 is 0 Å². The van der Waals surface area contributed by atoms with Gasteiger partial charge in [-0.15, -0.1) is 0 Å². The van der Waals surface area contributed by atoms with Gasteiger partial charge in [0.1, 0.15) is 11.8 Å². The molecule has 0 aliphatic rings. The van der Waals surface area contributed by atoms with E-state index in [1.165, 1.54) is 13.0 Å². The van der Waals surface area contributed by atoms with E-state index in [0.717, 1.165) is 0 Å². The molecular weight excluding hydrogens is 320 g/mol. The Balaban J connectivity index is 2.60. The summed E-state index contributed by atoms with van der Waals surface area (Å²) in [6.45, 7) is 3.60. The van der Waals surface area contributed by atoms with Gasteiger partial charge in [0.05, 0.1) is 0 Å². The molecule has 0 heterocycles. The summed E-state index contributed by atoms with van der Waals surface area (Å²) in [5.41, 5.74) is 4.07. The fourth-order valence-electron chi connectivity index (χ4n) is 2.43. The highest BCUT2D eigenvalue weighted by Crippen LogP contribution is 2.36. The monoisotopic (exact) mass is 342 g/mol. The van der Waals surface area contributed by atoms with Gasteiger partial charge in [-0.2, -0.15) is 0 Å². The molecule has 0 radical (unpaired) electrons. The molecule has 0 saturated carbocycles. The van der Waals surface area contributed by atoms with Crippen molar-refractivity contribution >= 4 is 11.9 Å². The first-order chi connectivity index (χ1) is 11.9. The van der Waals surface area contributed by atoms with Crippen molar-refractivity contribution in [2.24, 2.45) is 5.73 Å². The number of aliphatic hydroxyl groups is 1. The van der Waals surface area contributed by atoms with Crippen molar-refractivity contribution in [3.63, 3.8) is 0 Å².